The number of nitrogens with zero attached hydrogens (tertiary/aromatic N) is 4. The van der Waals surface area contributed by atoms with E-state index in [-0.39, 0.29) is 5.91 Å². The molecule has 0 unspecified atom stereocenters. The van der Waals surface area contributed by atoms with Gasteiger partial charge in [-0.3, -0.25) is 4.79 Å². The van der Waals surface area contributed by atoms with Crippen LogP contribution in [-0.2, 0) is 22.5 Å². The van der Waals surface area contributed by atoms with Gasteiger partial charge in [0.05, 0.1) is 13.0 Å². The molecule has 0 radical (unpaired) electrons. The Bertz CT molecular complexity index is 739. The number of imidazole rings is 1. The number of benzene rings is 1. The third kappa shape index (κ3) is 4.89. The van der Waals surface area contributed by atoms with Gasteiger partial charge in [0.1, 0.15) is 5.82 Å². The molecule has 6 nitrogen and oxygen atoms in total. The average molecular weight is 370 g/mol. The minimum Gasteiger partial charge on any atom is -0.383 e. The number of carbonyl (C=O) groups is 1. The number of ether oxygens (including phenoxy) is 1. The molecule has 146 valence electrons. The fourth-order valence-electron chi connectivity index (χ4n) is 3.67. The van der Waals surface area contributed by atoms with E-state index < -0.39 is 0 Å². The Hall–Kier alpha value is -2.34. The standard InChI is InChI=1S/C21H30N4O2/c1-23(2)19-8-6-17(7-9-19)15-20(26)25-11-4-5-18(16-25)21-22-10-12-24(21)13-14-27-3/h6-10,12,18H,4-5,11,13-16H2,1-3H3/t18-/m1/s1. The lowest BCUT2D eigenvalue weighted by atomic mass is 9.96. The van der Waals surface area contributed by atoms with Gasteiger partial charge < -0.3 is 19.1 Å². The van der Waals surface area contributed by atoms with Crippen LogP contribution in [0.4, 0.5) is 5.69 Å². The van der Waals surface area contributed by atoms with Crippen LogP contribution >= 0.6 is 0 Å². The number of hydrogen-bond donors (Lipinski definition) is 0. The van der Waals surface area contributed by atoms with Crippen LogP contribution in [-0.4, -0.2) is 61.3 Å². The third-order valence-corrected chi connectivity index (χ3v) is 5.23. The van der Waals surface area contributed by atoms with Gasteiger partial charge in [0, 0.05) is 64.8 Å². The van der Waals surface area contributed by atoms with Crippen molar-refractivity contribution in [3.05, 3.63) is 48.0 Å². The van der Waals surface area contributed by atoms with Crippen molar-refractivity contribution in [2.75, 3.05) is 45.8 Å². The fourth-order valence-corrected chi connectivity index (χ4v) is 3.67. The summed E-state index contributed by atoms with van der Waals surface area (Å²) in [6.07, 6.45) is 6.40. The Morgan fingerprint density at radius 1 is 1.30 bits per heavy atom. The molecule has 1 amide bonds. The molecule has 1 aromatic carbocycles. The summed E-state index contributed by atoms with van der Waals surface area (Å²) in [7, 11) is 5.75. The lowest BCUT2D eigenvalue weighted by Crippen LogP contribution is -2.40. The van der Waals surface area contributed by atoms with Gasteiger partial charge in [-0.15, -0.1) is 0 Å². The van der Waals surface area contributed by atoms with Gasteiger partial charge in [-0.25, -0.2) is 4.98 Å². The largest absolute Gasteiger partial charge is 0.383 e. The van der Waals surface area contributed by atoms with Crippen molar-refractivity contribution in [3.63, 3.8) is 0 Å². The van der Waals surface area contributed by atoms with Crippen LogP contribution in [0.25, 0.3) is 0 Å². The second-order valence-electron chi connectivity index (χ2n) is 7.39. The second kappa shape index (κ2) is 9.04. The van der Waals surface area contributed by atoms with Crippen LogP contribution in [0.15, 0.2) is 36.7 Å². The monoisotopic (exact) mass is 370 g/mol. The lowest BCUT2D eigenvalue weighted by Gasteiger charge is -2.33. The number of piperidine rings is 1. The quantitative estimate of drug-likeness (QED) is 0.752. The molecular weight excluding hydrogens is 340 g/mol. The van der Waals surface area contributed by atoms with Crippen LogP contribution in [0.3, 0.4) is 0 Å². The molecule has 0 aliphatic carbocycles. The number of hydrogen-bond acceptors (Lipinski definition) is 4. The number of rotatable bonds is 7. The summed E-state index contributed by atoms with van der Waals surface area (Å²) in [6.45, 7) is 3.05. The zero-order chi connectivity index (χ0) is 19.2. The highest BCUT2D eigenvalue weighted by Crippen LogP contribution is 2.26. The molecule has 27 heavy (non-hydrogen) atoms. The molecule has 1 aromatic heterocycles. The molecule has 0 N–H and O–H groups in total. The minimum absolute atomic E-state index is 0.201. The molecule has 1 aliphatic rings. The molecule has 6 heteroatoms. The Morgan fingerprint density at radius 3 is 2.78 bits per heavy atom. The summed E-state index contributed by atoms with van der Waals surface area (Å²) >= 11 is 0. The van der Waals surface area contributed by atoms with E-state index in [1.807, 2.05) is 43.5 Å². The van der Waals surface area contributed by atoms with Crippen LogP contribution in [0.5, 0.6) is 0 Å². The number of anilines is 1. The summed E-state index contributed by atoms with van der Waals surface area (Å²) in [5, 5.41) is 0. The third-order valence-electron chi connectivity index (χ3n) is 5.23. The molecule has 1 atom stereocenters. The number of likely N-dealkylation sites (tertiary alicyclic amines) is 1. The van der Waals surface area contributed by atoms with Gasteiger partial charge >= 0.3 is 0 Å². The van der Waals surface area contributed by atoms with Crippen molar-refractivity contribution >= 4 is 11.6 Å². The van der Waals surface area contributed by atoms with Crippen LogP contribution < -0.4 is 4.90 Å². The highest BCUT2D eigenvalue weighted by atomic mass is 16.5. The molecule has 2 aromatic rings. The van der Waals surface area contributed by atoms with Gasteiger partial charge in [-0.1, -0.05) is 12.1 Å². The number of methoxy groups -OCH3 is 1. The summed E-state index contributed by atoms with van der Waals surface area (Å²) < 4.78 is 7.35. The molecule has 1 saturated heterocycles. The Balaban J connectivity index is 1.62. The summed E-state index contributed by atoms with van der Waals surface area (Å²) in [6, 6.07) is 8.22. The highest BCUT2D eigenvalue weighted by Gasteiger charge is 2.27. The smallest absolute Gasteiger partial charge is 0.227 e. The number of aromatic nitrogens is 2. The van der Waals surface area contributed by atoms with E-state index in [0.717, 1.165) is 49.6 Å². The molecule has 0 spiro atoms. The molecule has 2 heterocycles. The molecule has 1 aliphatic heterocycles. The first kappa shape index (κ1) is 19.4. The summed E-state index contributed by atoms with van der Waals surface area (Å²) in [5.74, 6) is 1.57. The molecule has 1 fully saturated rings. The van der Waals surface area contributed by atoms with E-state index in [2.05, 4.69) is 26.6 Å². The topological polar surface area (TPSA) is 50.6 Å². The highest BCUT2D eigenvalue weighted by molar-refractivity contribution is 5.79. The number of amides is 1. The van der Waals surface area contributed by atoms with E-state index in [9.17, 15) is 4.79 Å². The Kier molecular flexibility index (Phi) is 6.50. The summed E-state index contributed by atoms with van der Waals surface area (Å²) in [5.41, 5.74) is 2.21. The van der Waals surface area contributed by atoms with Crippen molar-refractivity contribution in [2.45, 2.75) is 31.7 Å². The van der Waals surface area contributed by atoms with Crippen molar-refractivity contribution in [1.82, 2.24) is 14.5 Å². The molecule has 0 bridgehead atoms. The van der Waals surface area contributed by atoms with E-state index in [0.29, 0.717) is 18.9 Å². The predicted octanol–water partition coefficient (Wildman–Crippen LogP) is 2.54. The molecular formula is C21H30N4O2. The van der Waals surface area contributed by atoms with E-state index in [1.165, 1.54) is 0 Å². The maximum atomic E-state index is 12.8. The van der Waals surface area contributed by atoms with Crippen molar-refractivity contribution in [1.29, 1.82) is 0 Å². The van der Waals surface area contributed by atoms with Gasteiger partial charge in [0.15, 0.2) is 0 Å². The van der Waals surface area contributed by atoms with Gasteiger partial charge in [0.25, 0.3) is 0 Å². The van der Waals surface area contributed by atoms with E-state index >= 15 is 0 Å². The normalized spacial score (nSPS) is 17.1. The maximum absolute atomic E-state index is 12.8. The Morgan fingerprint density at radius 2 is 2.07 bits per heavy atom. The predicted molar refractivity (Wildman–Crippen MR) is 107 cm³/mol. The van der Waals surface area contributed by atoms with Crippen LogP contribution in [0, 0.1) is 0 Å². The molecule has 3 rings (SSSR count). The fraction of sp³-hybridized carbons (Fsp3) is 0.524. The van der Waals surface area contributed by atoms with Crippen molar-refractivity contribution < 1.29 is 9.53 Å². The lowest BCUT2D eigenvalue weighted by molar-refractivity contribution is -0.131. The van der Waals surface area contributed by atoms with Crippen LogP contribution in [0.2, 0.25) is 0 Å². The minimum atomic E-state index is 0.201. The van der Waals surface area contributed by atoms with E-state index in [4.69, 9.17) is 4.74 Å². The first-order chi connectivity index (χ1) is 13.1. The van der Waals surface area contributed by atoms with Crippen LogP contribution in [0.1, 0.15) is 30.1 Å². The second-order valence-corrected chi connectivity index (χ2v) is 7.39. The zero-order valence-electron chi connectivity index (χ0n) is 16.6. The molecule has 0 saturated carbocycles. The van der Waals surface area contributed by atoms with Crippen molar-refractivity contribution in [3.8, 4) is 0 Å². The number of carbonyl (C=O) groups excluding carboxylic acids is 1. The van der Waals surface area contributed by atoms with Gasteiger partial charge in [-0.05, 0) is 30.5 Å². The van der Waals surface area contributed by atoms with Gasteiger partial charge in [0.2, 0.25) is 5.91 Å². The van der Waals surface area contributed by atoms with Gasteiger partial charge in [-0.2, -0.15) is 0 Å². The van der Waals surface area contributed by atoms with E-state index in [1.54, 1.807) is 7.11 Å². The SMILES string of the molecule is COCCn1ccnc1[C@@H]1CCCN(C(=O)Cc2ccc(N(C)C)cc2)C1. The summed E-state index contributed by atoms with van der Waals surface area (Å²) in [4.78, 5) is 21.5. The Labute approximate surface area is 161 Å². The average Bonchev–Trinajstić information content (AvgIpc) is 3.15. The zero-order valence-corrected chi connectivity index (χ0v) is 16.6. The first-order valence-electron chi connectivity index (χ1n) is 9.62. The maximum Gasteiger partial charge on any atom is 0.227 e. The first-order valence-corrected chi connectivity index (χ1v) is 9.62. The van der Waals surface area contributed by atoms with Crippen molar-refractivity contribution in [2.24, 2.45) is 0 Å².